The molecule has 5 nitrogen and oxygen atoms in total. The van der Waals surface area contributed by atoms with Gasteiger partial charge in [-0.3, -0.25) is 9.79 Å². The number of guanidine groups is 1. The van der Waals surface area contributed by atoms with Gasteiger partial charge in [-0.2, -0.15) is 0 Å². The standard InChI is InChI=1S/C19H29BrN4OS/c1-13(2)18(25)24-10-9-16(12-24)23-19(21-4)22-11-14(3)26-17-7-5-15(20)6-8-17/h5-8,13-14,16H,9-12H2,1-4H3,(H2,21,22,23). The van der Waals surface area contributed by atoms with E-state index >= 15 is 0 Å². The van der Waals surface area contributed by atoms with Gasteiger partial charge in [0.15, 0.2) is 5.96 Å². The fraction of sp³-hybridized carbons (Fsp3) is 0.579. The first kappa shape index (κ1) is 21.1. The molecule has 0 aliphatic carbocycles. The van der Waals surface area contributed by atoms with Gasteiger partial charge >= 0.3 is 0 Å². The molecule has 2 rings (SSSR count). The maximum Gasteiger partial charge on any atom is 0.225 e. The maximum atomic E-state index is 12.1. The minimum atomic E-state index is 0.0580. The first-order chi connectivity index (χ1) is 12.4. The van der Waals surface area contributed by atoms with Crippen molar-refractivity contribution in [1.82, 2.24) is 15.5 Å². The van der Waals surface area contributed by atoms with E-state index in [1.54, 1.807) is 7.05 Å². The Hall–Kier alpha value is -1.21. The molecule has 1 aliphatic rings. The Bertz CT molecular complexity index is 620. The molecular weight excluding hydrogens is 412 g/mol. The number of likely N-dealkylation sites (tertiary alicyclic amines) is 1. The van der Waals surface area contributed by atoms with Gasteiger partial charge in [-0.25, -0.2) is 0 Å². The number of hydrogen-bond acceptors (Lipinski definition) is 3. The van der Waals surface area contributed by atoms with Gasteiger partial charge in [-0.15, -0.1) is 11.8 Å². The largest absolute Gasteiger partial charge is 0.355 e. The van der Waals surface area contributed by atoms with Crippen molar-refractivity contribution in [2.75, 3.05) is 26.7 Å². The molecule has 0 spiro atoms. The number of carbonyl (C=O) groups is 1. The lowest BCUT2D eigenvalue weighted by Gasteiger charge is -2.21. The second kappa shape index (κ2) is 10.2. The zero-order valence-electron chi connectivity index (χ0n) is 16.0. The Morgan fingerprint density at radius 2 is 2.04 bits per heavy atom. The molecule has 1 heterocycles. The second-order valence-electron chi connectivity index (χ2n) is 6.90. The molecule has 144 valence electrons. The molecule has 2 N–H and O–H groups in total. The monoisotopic (exact) mass is 440 g/mol. The van der Waals surface area contributed by atoms with Crippen LogP contribution in [0.5, 0.6) is 0 Å². The van der Waals surface area contributed by atoms with E-state index < -0.39 is 0 Å². The molecule has 0 bridgehead atoms. The van der Waals surface area contributed by atoms with Gasteiger partial charge < -0.3 is 15.5 Å². The summed E-state index contributed by atoms with van der Waals surface area (Å²) in [5.74, 6) is 1.09. The number of carbonyl (C=O) groups excluding carboxylic acids is 1. The number of thioether (sulfide) groups is 1. The van der Waals surface area contributed by atoms with Crippen molar-refractivity contribution in [1.29, 1.82) is 0 Å². The molecule has 0 saturated carbocycles. The lowest BCUT2D eigenvalue weighted by atomic mass is 10.2. The summed E-state index contributed by atoms with van der Waals surface area (Å²) in [6.45, 7) is 8.50. The molecular formula is C19H29BrN4OS. The van der Waals surface area contributed by atoms with Gasteiger partial charge in [0.05, 0.1) is 0 Å². The summed E-state index contributed by atoms with van der Waals surface area (Å²) in [6.07, 6.45) is 0.961. The van der Waals surface area contributed by atoms with E-state index in [0.29, 0.717) is 5.25 Å². The highest BCUT2D eigenvalue weighted by Crippen LogP contribution is 2.24. The smallest absolute Gasteiger partial charge is 0.225 e. The van der Waals surface area contributed by atoms with E-state index in [9.17, 15) is 4.79 Å². The average Bonchev–Trinajstić information content (AvgIpc) is 3.08. The van der Waals surface area contributed by atoms with Gasteiger partial charge in [0.2, 0.25) is 5.91 Å². The Morgan fingerprint density at radius 1 is 1.35 bits per heavy atom. The van der Waals surface area contributed by atoms with Gasteiger partial charge in [0, 0.05) is 53.3 Å². The Morgan fingerprint density at radius 3 is 2.65 bits per heavy atom. The van der Waals surface area contributed by atoms with E-state index in [4.69, 9.17) is 0 Å². The molecule has 1 fully saturated rings. The van der Waals surface area contributed by atoms with Crippen LogP contribution in [0.3, 0.4) is 0 Å². The molecule has 0 aromatic heterocycles. The third kappa shape index (κ3) is 6.50. The lowest BCUT2D eigenvalue weighted by molar-refractivity contribution is -0.133. The highest BCUT2D eigenvalue weighted by Gasteiger charge is 2.27. The van der Waals surface area contributed by atoms with Crippen molar-refractivity contribution in [3.8, 4) is 0 Å². The number of nitrogens with one attached hydrogen (secondary N) is 2. The summed E-state index contributed by atoms with van der Waals surface area (Å²) in [7, 11) is 1.79. The van der Waals surface area contributed by atoms with Gasteiger partial charge in [-0.1, -0.05) is 36.7 Å². The highest BCUT2D eigenvalue weighted by atomic mass is 79.9. The van der Waals surface area contributed by atoms with Crippen LogP contribution in [0.25, 0.3) is 0 Å². The Labute approximate surface area is 169 Å². The Balaban J connectivity index is 1.75. The molecule has 2 atom stereocenters. The number of nitrogens with zero attached hydrogens (tertiary/aromatic N) is 2. The topological polar surface area (TPSA) is 56.7 Å². The number of amides is 1. The molecule has 1 saturated heterocycles. The van der Waals surface area contributed by atoms with Crippen molar-refractivity contribution in [2.45, 2.75) is 43.4 Å². The van der Waals surface area contributed by atoms with Crippen molar-refractivity contribution in [2.24, 2.45) is 10.9 Å². The molecule has 1 aliphatic heterocycles. The van der Waals surface area contributed by atoms with Crippen LogP contribution in [0.2, 0.25) is 0 Å². The summed E-state index contributed by atoms with van der Waals surface area (Å²) in [5.41, 5.74) is 0. The molecule has 1 aromatic carbocycles. The highest BCUT2D eigenvalue weighted by molar-refractivity contribution is 9.10. The maximum absolute atomic E-state index is 12.1. The summed E-state index contributed by atoms with van der Waals surface area (Å²) >= 11 is 5.30. The van der Waals surface area contributed by atoms with Crippen LogP contribution in [-0.2, 0) is 4.79 Å². The predicted octanol–water partition coefficient (Wildman–Crippen LogP) is 3.35. The van der Waals surface area contributed by atoms with Gasteiger partial charge in [0.1, 0.15) is 0 Å². The van der Waals surface area contributed by atoms with Crippen molar-refractivity contribution < 1.29 is 4.79 Å². The fourth-order valence-electron chi connectivity index (χ4n) is 2.86. The molecule has 0 radical (unpaired) electrons. The summed E-state index contributed by atoms with van der Waals surface area (Å²) in [4.78, 5) is 19.6. The molecule has 7 heteroatoms. The fourth-order valence-corrected chi connectivity index (χ4v) is 4.05. The van der Waals surface area contributed by atoms with E-state index in [0.717, 1.165) is 36.5 Å². The van der Waals surface area contributed by atoms with Crippen LogP contribution in [-0.4, -0.2) is 54.7 Å². The number of aliphatic imine (C=N–C) groups is 1. The predicted molar refractivity (Wildman–Crippen MR) is 114 cm³/mol. The van der Waals surface area contributed by atoms with E-state index in [1.807, 2.05) is 30.5 Å². The van der Waals surface area contributed by atoms with Crippen LogP contribution >= 0.6 is 27.7 Å². The molecule has 26 heavy (non-hydrogen) atoms. The van der Waals surface area contributed by atoms with E-state index in [-0.39, 0.29) is 17.9 Å². The summed E-state index contributed by atoms with van der Waals surface area (Å²) in [6, 6.07) is 8.63. The van der Waals surface area contributed by atoms with Crippen molar-refractivity contribution in [3.63, 3.8) is 0 Å². The number of benzene rings is 1. The molecule has 1 amide bonds. The lowest BCUT2D eigenvalue weighted by Crippen LogP contribution is -2.46. The molecule has 2 unspecified atom stereocenters. The SMILES string of the molecule is CN=C(NCC(C)Sc1ccc(Br)cc1)NC1CCN(C(=O)C(C)C)C1. The van der Waals surface area contributed by atoms with Crippen LogP contribution in [0, 0.1) is 5.92 Å². The van der Waals surface area contributed by atoms with Gasteiger partial charge in [-0.05, 0) is 30.7 Å². The zero-order chi connectivity index (χ0) is 19.1. The van der Waals surface area contributed by atoms with Crippen LogP contribution < -0.4 is 10.6 Å². The van der Waals surface area contributed by atoms with Crippen LogP contribution in [0.1, 0.15) is 27.2 Å². The molecule has 1 aromatic rings. The quantitative estimate of drug-likeness (QED) is 0.404. The second-order valence-corrected chi connectivity index (χ2v) is 9.33. The average molecular weight is 441 g/mol. The normalized spacial score (nSPS) is 18.9. The van der Waals surface area contributed by atoms with Crippen molar-refractivity contribution in [3.05, 3.63) is 28.7 Å². The van der Waals surface area contributed by atoms with E-state index in [2.05, 4.69) is 62.7 Å². The van der Waals surface area contributed by atoms with E-state index in [1.165, 1.54) is 4.90 Å². The number of rotatable bonds is 6. The first-order valence-electron chi connectivity index (χ1n) is 9.07. The van der Waals surface area contributed by atoms with Gasteiger partial charge in [0.25, 0.3) is 0 Å². The van der Waals surface area contributed by atoms with Crippen LogP contribution in [0.15, 0.2) is 38.6 Å². The Kier molecular flexibility index (Phi) is 8.28. The summed E-state index contributed by atoms with van der Waals surface area (Å²) in [5, 5.41) is 7.26. The van der Waals surface area contributed by atoms with Crippen LogP contribution in [0.4, 0.5) is 0 Å². The number of hydrogen-bond donors (Lipinski definition) is 2. The van der Waals surface area contributed by atoms with Crippen molar-refractivity contribution >= 4 is 39.6 Å². The third-order valence-corrected chi connectivity index (χ3v) is 5.91. The third-order valence-electron chi connectivity index (χ3n) is 4.27. The zero-order valence-corrected chi connectivity index (χ0v) is 18.4. The number of halogens is 1. The minimum Gasteiger partial charge on any atom is -0.355 e. The summed E-state index contributed by atoms with van der Waals surface area (Å²) < 4.78 is 1.10. The minimum absolute atomic E-state index is 0.0580. The first-order valence-corrected chi connectivity index (χ1v) is 10.7.